The molecule has 0 bridgehead atoms. The highest BCUT2D eigenvalue weighted by atomic mass is 35.5. The molecule has 108 valence electrons. The van der Waals surface area contributed by atoms with Crippen molar-refractivity contribution in [1.82, 2.24) is 10.3 Å². The van der Waals surface area contributed by atoms with E-state index in [1.807, 2.05) is 25.1 Å². The van der Waals surface area contributed by atoms with Gasteiger partial charge in [0.25, 0.3) is 0 Å². The number of hydrogen-bond acceptors (Lipinski definition) is 4. The molecule has 4 nitrogen and oxygen atoms in total. The Morgan fingerprint density at radius 2 is 2.15 bits per heavy atom. The fourth-order valence-electron chi connectivity index (χ4n) is 1.69. The third-order valence-electron chi connectivity index (χ3n) is 2.78. The highest BCUT2D eigenvalue weighted by molar-refractivity contribution is 7.22. The van der Waals surface area contributed by atoms with Gasteiger partial charge in [0, 0.05) is 6.54 Å². The predicted octanol–water partition coefficient (Wildman–Crippen LogP) is 3.52. The topological polar surface area (TPSA) is 54.0 Å². The van der Waals surface area contributed by atoms with Gasteiger partial charge in [0.2, 0.25) is 5.91 Å². The number of aromatic nitrogens is 1. The third kappa shape index (κ3) is 3.61. The van der Waals surface area contributed by atoms with Crippen LogP contribution in [0, 0.1) is 5.92 Å². The standard InChI is InChI=1S/C14H18ClN3OS/c1-8(2)7-16-13(19)9(3)17-14-18-11-6-4-5-10(15)12(11)20-14/h4-6,8-9H,7H2,1-3H3,(H,16,19)(H,17,18). The molecule has 6 heteroatoms. The zero-order valence-corrected chi connectivity index (χ0v) is 13.3. The second kappa shape index (κ2) is 6.41. The molecule has 0 fully saturated rings. The van der Waals surface area contributed by atoms with Gasteiger partial charge < -0.3 is 10.6 Å². The first-order chi connectivity index (χ1) is 9.47. The average molecular weight is 312 g/mol. The molecular weight excluding hydrogens is 294 g/mol. The van der Waals surface area contributed by atoms with E-state index in [-0.39, 0.29) is 11.9 Å². The van der Waals surface area contributed by atoms with Crippen LogP contribution in [0.4, 0.5) is 5.13 Å². The van der Waals surface area contributed by atoms with Gasteiger partial charge in [0.1, 0.15) is 6.04 Å². The Kier molecular flexibility index (Phi) is 4.83. The normalized spacial score (nSPS) is 12.7. The monoisotopic (exact) mass is 311 g/mol. The lowest BCUT2D eigenvalue weighted by atomic mass is 10.2. The summed E-state index contributed by atoms with van der Waals surface area (Å²) in [6, 6.07) is 5.29. The minimum absolute atomic E-state index is 0.0240. The summed E-state index contributed by atoms with van der Waals surface area (Å²) < 4.78 is 0.937. The lowest BCUT2D eigenvalue weighted by Crippen LogP contribution is -2.39. The molecule has 1 amide bonds. The summed E-state index contributed by atoms with van der Waals surface area (Å²) in [7, 11) is 0. The number of anilines is 1. The number of benzene rings is 1. The van der Waals surface area contributed by atoms with Crippen LogP contribution in [0.1, 0.15) is 20.8 Å². The molecule has 1 aromatic heterocycles. The number of halogens is 1. The summed E-state index contributed by atoms with van der Waals surface area (Å²) in [5.41, 5.74) is 0.847. The molecule has 1 unspecified atom stereocenters. The van der Waals surface area contributed by atoms with Crippen molar-refractivity contribution in [1.29, 1.82) is 0 Å². The molecule has 0 radical (unpaired) electrons. The van der Waals surface area contributed by atoms with Gasteiger partial charge in [-0.15, -0.1) is 0 Å². The first kappa shape index (κ1) is 15.1. The Hall–Kier alpha value is -1.33. The zero-order valence-electron chi connectivity index (χ0n) is 11.7. The Balaban J connectivity index is 2.04. The van der Waals surface area contributed by atoms with E-state index in [2.05, 4.69) is 29.5 Å². The lowest BCUT2D eigenvalue weighted by molar-refractivity contribution is -0.121. The van der Waals surface area contributed by atoms with Crippen LogP contribution in [-0.2, 0) is 4.79 Å². The van der Waals surface area contributed by atoms with Crippen LogP contribution < -0.4 is 10.6 Å². The van der Waals surface area contributed by atoms with Crippen molar-refractivity contribution >= 4 is 44.2 Å². The Bertz CT molecular complexity index is 611. The fourth-order valence-corrected chi connectivity index (χ4v) is 2.93. The summed E-state index contributed by atoms with van der Waals surface area (Å²) in [5, 5.41) is 7.41. The van der Waals surface area contributed by atoms with Crippen molar-refractivity contribution in [3.63, 3.8) is 0 Å². The molecule has 1 heterocycles. The largest absolute Gasteiger partial charge is 0.354 e. The summed E-state index contributed by atoms with van der Waals surface area (Å²) in [6.07, 6.45) is 0. The minimum Gasteiger partial charge on any atom is -0.354 e. The molecule has 0 saturated heterocycles. The maximum Gasteiger partial charge on any atom is 0.242 e. The molecule has 2 aromatic rings. The van der Waals surface area contributed by atoms with Gasteiger partial charge in [0.15, 0.2) is 5.13 Å². The van der Waals surface area contributed by atoms with E-state index in [0.717, 1.165) is 10.2 Å². The number of nitrogens with one attached hydrogen (secondary N) is 2. The second-order valence-electron chi connectivity index (χ2n) is 5.11. The number of rotatable bonds is 5. The number of hydrogen-bond donors (Lipinski definition) is 2. The number of nitrogens with zero attached hydrogens (tertiary/aromatic N) is 1. The highest BCUT2D eigenvalue weighted by Gasteiger charge is 2.15. The van der Waals surface area contributed by atoms with Crippen molar-refractivity contribution in [2.45, 2.75) is 26.8 Å². The Labute approximate surface area is 127 Å². The first-order valence-electron chi connectivity index (χ1n) is 6.56. The van der Waals surface area contributed by atoms with Crippen LogP contribution in [0.2, 0.25) is 5.02 Å². The van der Waals surface area contributed by atoms with Crippen molar-refractivity contribution in [2.24, 2.45) is 5.92 Å². The minimum atomic E-state index is -0.326. The van der Waals surface area contributed by atoms with Crippen LogP contribution in [-0.4, -0.2) is 23.5 Å². The van der Waals surface area contributed by atoms with Crippen LogP contribution in [0.3, 0.4) is 0 Å². The average Bonchev–Trinajstić information content (AvgIpc) is 2.79. The van der Waals surface area contributed by atoms with Gasteiger partial charge in [0.05, 0.1) is 15.2 Å². The number of carbonyl (C=O) groups excluding carboxylic acids is 1. The quantitative estimate of drug-likeness (QED) is 0.888. The zero-order chi connectivity index (χ0) is 14.7. The van der Waals surface area contributed by atoms with Crippen molar-refractivity contribution in [3.8, 4) is 0 Å². The van der Waals surface area contributed by atoms with Crippen molar-refractivity contribution in [3.05, 3.63) is 23.2 Å². The number of thiazole rings is 1. The van der Waals surface area contributed by atoms with Gasteiger partial charge in [-0.05, 0) is 25.0 Å². The fraction of sp³-hybridized carbons (Fsp3) is 0.429. The van der Waals surface area contributed by atoms with Crippen LogP contribution >= 0.6 is 22.9 Å². The van der Waals surface area contributed by atoms with E-state index in [0.29, 0.717) is 22.6 Å². The van der Waals surface area contributed by atoms with Gasteiger partial charge in [-0.3, -0.25) is 4.79 Å². The molecule has 0 spiro atoms. The molecule has 2 rings (SSSR count). The van der Waals surface area contributed by atoms with E-state index < -0.39 is 0 Å². The molecule has 2 N–H and O–H groups in total. The van der Waals surface area contributed by atoms with Crippen molar-refractivity contribution < 1.29 is 4.79 Å². The third-order valence-corrected chi connectivity index (χ3v) is 4.25. The summed E-state index contributed by atoms with van der Waals surface area (Å²) >= 11 is 7.58. The second-order valence-corrected chi connectivity index (χ2v) is 6.52. The van der Waals surface area contributed by atoms with E-state index in [4.69, 9.17) is 11.6 Å². The molecule has 0 aliphatic heterocycles. The molecular formula is C14H18ClN3OS. The molecule has 20 heavy (non-hydrogen) atoms. The van der Waals surface area contributed by atoms with E-state index in [1.165, 1.54) is 11.3 Å². The maximum absolute atomic E-state index is 11.9. The lowest BCUT2D eigenvalue weighted by Gasteiger charge is -2.14. The Morgan fingerprint density at radius 3 is 2.80 bits per heavy atom. The van der Waals surface area contributed by atoms with E-state index >= 15 is 0 Å². The Morgan fingerprint density at radius 1 is 1.40 bits per heavy atom. The van der Waals surface area contributed by atoms with E-state index in [1.54, 1.807) is 0 Å². The van der Waals surface area contributed by atoms with Gasteiger partial charge in [-0.1, -0.05) is 42.9 Å². The van der Waals surface area contributed by atoms with Gasteiger partial charge >= 0.3 is 0 Å². The summed E-state index contributed by atoms with van der Waals surface area (Å²) in [5.74, 6) is 0.413. The predicted molar refractivity (Wildman–Crippen MR) is 85.6 cm³/mol. The molecule has 0 saturated carbocycles. The smallest absolute Gasteiger partial charge is 0.242 e. The van der Waals surface area contributed by atoms with Crippen molar-refractivity contribution in [2.75, 3.05) is 11.9 Å². The SMILES string of the molecule is CC(C)CNC(=O)C(C)Nc1nc2cccc(Cl)c2s1. The summed E-state index contributed by atoms with van der Waals surface area (Å²) in [4.78, 5) is 16.3. The molecule has 1 atom stereocenters. The number of amides is 1. The van der Waals surface area contributed by atoms with Crippen LogP contribution in [0.25, 0.3) is 10.2 Å². The highest BCUT2D eigenvalue weighted by Crippen LogP contribution is 2.31. The number of carbonyl (C=O) groups is 1. The first-order valence-corrected chi connectivity index (χ1v) is 7.76. The molecule has 1 aromatic carbocycles. The summed E-state index contributed by atoms with van der Waals surface area (Å²) in [6.45, 7) is 6.63. The van der Waals surface area contributed by atoms with Gasteiger partial charge in [-0.25, -0.2) is 4.98 Å². The van der Waals surface area contributed by atoms with Crippen LogP contribution in [0.5, 0.6) is 0 Å². The maximum atomic E-state index is 11.9. The van der Waals surface area contributed by atoms with Gasteiger partial charge in [-0.2, -0.15) is 0 Å². The molecule has 0 aliphatic rings. The molecule has 0 aliphatic carbocycles. The van der Waals surface area contributed by atoms with Crippen LogP contribution in [0.15, 0.2) is 18.2 Å². The number of fused-ring (bicyclic) bond motifs is 1. The van der Waals surface area contributed by atoms with E-state index in [9.17, 15) is 4.79 Å².